The zero-order chi connectivity index (χ0) is 13.5. The molecule has 0 aromatic heterocycles. The number of amides is 2. The first-order valence-corrected chi connectivity index (χ1v) is 5.97. The lowest BCUT2D eigenvalue weighted by Crippen LogP contribution is -2.35. The normalized spacial score (nSPS) is 10.1. The van der Waals surface area contributed by atoms with Gasteiger partial charge in [0.25, 0.3) is 5.69 Å². The van der Waals surface area contributed by atoms with Gasteiger partial charge in [0.2, 0.25) is 0 Å². The molecule has 0 heterocycles. The number of nitro groups is 1. The van der Waals surface area contributed by atoms with Gasteiger partial charge in [-0.05, 0) is 12.1 Å². The largest absolute Gasteiger partial charge is 0.352 e. The number of primary amides is 1. The Bertz CT molecular complexity index is 453. The van der Waals surface area contributed by atoms with Crippen LogP contribution >= 0.6 is 15.9 Å². The quantitative estimate of drug-likeness (QED) is 0.415. The fourth-order valence-corrected chi connectivity index (χ4v) is 1.78. The van der Waals surface area contributed by atoms with Crippen LogP contribution in [0.5, 0.6) is 0 Å². The summed E-state index contributed by atoms with van der Waals surface area (Å²) in [6.07, 6.45) is 0. The number of nitrogens with two attached hydrogens (primary N) is 1. The van der Waals surface area contributed by atoms with E-state index in [-0.39, 0.29) is 5.69 Å². The predicted molar refractivity (Wildman–Crippen MR) is 70.1 cm³/mol. The third kappa shape index (κ3) is 4.68. The molecular weight excluding hydrogens is 304 g/mol. The molecule has 18 heavy (non-hydrogen) atoms. The van der Waals surface area contributed by atoms with Crippen LogP contribution in [-0.4, -0.2) is 24.0 Å². The molecule has 0 atom stereocenters. The molecule has 98 valence electrons. The van der Waals surface area contributed by atoms with E-state index in [1.54, 1.807) is 12.1 Å². The molecule has 1 rings (SSSR count). The summed E-state index contributed by atoms with van der Waals surface area (Å²) in [7, 11) is 0. The number of carbonyl (C=O) groups excluding carboxylic acids is 1. The third-order valence-electron chi connectivity index (χ3n) is 2.15. The summed E-state index contributed by atoms with van der Waals surface area (Å²) in [4.78, 5) is 20.8. The maximum absolute atomic E-state index is 10.8. The van der Waals surface area contributed by atoms with Crippen molar-refractivity contribution >= 4 is 27.6 Å². The standard InChI is InChI=1S/C10H13BrN4O3/c11-8-1-2-9(15(17)18)7(5-8)6-13-3-4-14-10(12)16/h1-2,5,13H,3-4,6H2,(H3,12,14,16). The molecule has 0 fully saturated rings. The maximum atomic E-state index is 10.8. The van der Waals surface area contributed by atoms with Crippen LogP contribution in [0.15, 0.2) is 22.7 Å². The number of rotatable bonds is 6. The van der Waals surface area contributed by atoms with Crippen LogP contribution in [0.4, 0.5) is 10.5 Å². The van der Waals surface area contributed by atoms with E-state index in [1.165, 1.54) is 6.07 Å². The average molecular weight is 317 g/mol. The first-order chi connectivity index (χ1) is 8.50. The van der Waals surface area contributed by atoms with Crippen molar-refractivity contribution in [1.29, 1.82) is 0 Å². The fraction of sp³-hybridized carbons (Fsp3) is 0.300. The Labute approximate surface area is 112 Å². The van der Waals surface area contributed by atoms with Gasteiger partial charge in [-0.15, -0.1) is 0 Å². The first-order valence-electron chi connectivity index (χ1n) is 5.17. The molecule has 0 radical (unpaired) electrons. The zero-order valence-corrected chi connectivity index (χ0v) is 11.1. The van der Waals surface area contributed by atoms with Crippen LogP contribution in [0.3, 0.4) is 0 Å². The Balaban J connectivity index is 2.53. The minimum Gasteiger partial charge on any atom is -0.352 e. The SMILES string of the molecule is NC(=O)NCCNCc1cc(Br)ccc1[N+](=O)[O-]. The van der Waals surface area contributed by atoms with Crippen LogP contribution < -0.4 is 16.4 Å². The van der Waals surface area contributed by atoms with Crippen molar-refractivity contribution < 1.29 is 9.72 Å². The summed E-state index contributed by atoms with van der Waals surface area (Å²) in [5.41, 5.74) is 5.54. The highest BCUT2D eigenvalue weighted by atomic mass is 79.9. The van der Waals surface area contributed by atoms with E-state index in [0.29, 0.717) is 25.2 Å². The van der Waals surface area contributed by atoms with E-state index in [0.717, 1.165) is 4.47 Å². The van der Waals surface area contributed by atoms with Crippen molar-refractivity contribution in [3.05, 3.63) is 38.3 Å². The van der Waals surface area contributed by atoms with Gasteiger partial charge < -0.3 is 16.4 Å². The molecule has 0 saturated carbocycles. The summed E-state index contributed by atoms with van der Waals surface area (Å²) in [6.45, 7) is 1.19. The van der Waals surface area contributed by atoms with Crippen molar-refractivity contribution in [2.45, 2.75) is 6.54 Å². The van der Waals surface area contributed by atoms with Gasteiger partial charge in [-0.3, -0.25) is 10.1 Å². The van der Waals surface area contributed by atoms with Gasteiger partial charge in [0, 0.05) is 35.7 Å². The number of nitro benzene ring substituents is 1. The lowest BCUT2D eigenvalue weighted by Gasteiger charge is -2.06. The zero-order valence-electron chi connectivity index (χ0n) is 9.48. The Morgan fingerprint density at radius 2 is 2.17 bits per heavy atom. The van der Waals surface area contributed by atoms with Crippen LogP contribution in [-0.2, 0) is 6.54 Å². The number of hydrogen-bond acceptors (Lipinski definition) is 4. The summed E-state index contributed by atoms with van der Waals surface area (Å²) >= 11 is 3.26. The van der Waals surface area contributed by atoms with Crippen molar-refractivity contribution in [1.82, 2.24) is 10.6 Å². The molecule has 0 saturated heterocycles. The van der Waals surface area contributed by atoms with Crippen molar-refractivity contribution in [2.75, 3.05) is 13.1 Å². The van der Waals surface area contributed by atoms with Crippen molar-refractivity contribution in [2.24, 2.45) is 5.73 Å². The second kappa shape index (κ2) is 6.92. The highest BCUT2D eigenvalue weighted by Gasteiger charge is 2.12. The molecule has 0 spiro atoms. The number of benzene rings is 1. The van der Waals surface area contributed by atoms with Gasteiger partial charge in [-0.1, -0.05) is 15.9 Å². The smallest absolute Gasteiger partial charge is 0.312 e. The summed E-state index contributed by atoms with van der Waals surface area (Å²) in [6, 6.07) is 4.16. The number of nitrogens with one attached hydrogen (secondary N) is 2. The number of halogens is 1. The second-order valence-corrected chi connectivity index (χ2v) is 4.41. The minimum absolute atomic E-state index is 0.0635. The highest BCUT2D eigenvalue weighted by Crippen LogP contribution is 2.22. The van der Waals surface area contributed by atoms with E-state index in [9.17, 15) is 14.9 Å². The minimum atomic E-state index is -0.592. The molecule has 0 aliphatic carbocycles. The number of carbonyl (C=O) groups is 1. The monoisotopic (exact) mass is 316 g/mol. The predicted octanol–water partition coefficient (Wildman–Crippen LogP) is 1.12. The van der Waals surface area contributed by atoms with Crippen LogP contribution in [0.1, 0.15) is 5.56 Å². The van der Waals surface area contributed by atoms with E-state index in [4.69, 9.17) is 5.73 Å². The van der Waals surface area contributed by atoms with Gasteiger partial charge >= 0.3 is 6.03 Å². The van der Waals surface area contributed by atoms with Gasteiger partial charge in [0.1, 0.15) is 0 Å². The topological polar surface area (TPSA) is 110 Å². The Hall–Kier alpha value is -1.67. The molecule has 2 amide bonds. The molecule has 0 unspecified atom stereocenters. The van der Waals surface area contributed by atoms with Crippen LogP contribution in [0, 0.1) is 10.1 Å². The summed E-state index contributed by atoms with van der Waals surface area (Å²) < 4.78 is 0.778. The van der Waals surface area contributed by atoms with Gasteiger partial charge in [-0.2, -0.15) is 0 Å². The first kappa shape index (κ1) is 14.4. The highest BCUT2D eigenvalue weighted by molar-refractivity contribution is 9.10. The van der Waals surface area contributed by atoms with Gasteiger partial charge in [0.05, 0.1) is 4.92 Å². The van der Waals surface area contributed by atoms with E-state index >= 15 is 0 Å². The van der Waals surface area contributed by atoms with Crippen LogP contribution in [0.25, 0.3) is 0 Å². The van der Waals surface area contributed by atoms with E-state index < -0.39 is 11.0 Å². The van der Waals surface area contributed by atoms with Gasteiger partial charge in [-0.25, -0.2) is 4.79 Å². The second-order valence-electron chi connectivity index (χ2n) is 3.50. The third-order valence-corrected chi connectivity index (χ3v) is 2.65. The average Bonchev–Trinajstić information content (AvgIpc) is 2.27. The Kier molecular flexibility index (Phi) is 5.53. The van der Waals surface area contributed by atoms with Gasteiger partial charge in [0.15, 0.2) is 0 Å². The molecule has 8 heteroatoms. The Morgan fingerprint density at radius 3 is 2.78 bits per heavy atom. The molecule has 0 bridgehead atoms. The van der Waals surface area contributed by atoms with Crippen LogP contribution in [0.2, 0.25) is 0 Å². The van der Waals surface area contributed by atoms with E-state index in [1.807, 2.05) is 0 Å². The lowest BCUT2D eigenvalue weighted by molar-refractivity contribution is -0.385. The molecule has 0 aliphatic heterocycles. The fourth-order valence-electron chi connectivity index (χ4n) is 1.37. The van der Waals surface area contributed by atoms with E-state index in [2.05, 4.69) is 26.6 Å². The number of nitrogens with zero attached hydrogens (tertiary/aromatic N) is 1. The molecule has 0 aliphatic rings. The Morgan fingerprint density at radius 1 is 1.44 bits per heavy atom. The molecule has 1 aromatic rings. The lowest BCUT2D eigenvalue weighted by atomic mass is 10.2. The van der Waals surface area contributed by atoms with Crippen molar-refractivity contribution in [3.63, 3.8) is 0 Å². The number of urea groups is 1. The number of hydrogen-bond donors (Lipinski definition) is 3. The molecular formula is C10H13BrN4O3. The molecule has 4 N–H and O–H groups in total. The maximum Gasteiger partial charge on any atom is 0.312 e. The summed E-state index contributed by atoms with van der Waals surface area (Å²) in [5, 5.41) is 16.2. The summed E-state index contributed by atoms with van der Waals surface area (Å²) in [5.74, 6) is 0. The van der Waals surface area contributed by atoms with Crippen molar-refractivity contribution in [3.8, 4) is 0 Å². The molecule has 7 nitrogen and oxygen atoms in total. The molecule has 1 aromatic carbocycles.